The Labute approximate surface area is 74.5 Å². The minimum atomic E-state index is -0.499. The van der Waals surface area contributed by atoms with E-state index in [2.05, 4.69) is 0 Å². The van der Waals surface area contributed by atoms with Crippen molar-refractivity contribution in [2.45, 2.75) is 0 Å². The van der Waals surface area contributed by atoms with Gasteiger partial charge in [0.15, 0.2) is 0 Å². The van der Waals surface area contributed by atoms with Crippen LogP contribution in [0.3, 0.4) is 0 Å². The number of nitro benzene ring substituents is 1. The lowest BCUT2D eigenvalue weighted by Gasteiger charge is -1.95. The van der Waals surface area contributed by atoms with E-state index in [-0.39, 0.29) is 18.1 Å². The molecule has 0 aromatic heterocycles. The highest BCUT2D eigenvalue weighted by Crippen LogP contribution is 2.14. The first kappa shape index (κ1) is 10.7. The molecule has 1 aromatic carbocycles. The quantitative estimate of drug-likeness (QED) is 0.551. The molecule has 0 spiro atoms. The number of anilines is 1. The Morgan fingerprint density at radius 3 is 2.17 bits per heavy atom. The van der Waals surface area contributed by atoms with Gasteiger partial charge < -0.3 is 0 Å². The van der Waals surface area contributed by atoms with Gasteiger partial charge in [-0.2, -0.15) is 0 Å². The van der Waals surface area contributed by atoms with Gasteiger partial charge in [-0.3, -0.25) is 20.8 Å². The average Bonchev–Trinajstić information content (AvgIpc) is 2.05. The Hall–Kier alpha value is -1.33. The lowest BCUT2D eigenvalue weighted by Crippen LogP contribution is -1.90. The fourth-order valence-electron chi connectivity index (χ4n) is 0.658. The number of hydrogen-bond donors (Lipinski definition) is 2. The zero-order valence-electron chi connectivity index (χ0n) is 5.93. The van der Waals surface area contributed by atoms with Crippen LogP contribution in [0.2, 0.25) is 0 Å². The van der Waals surface area contributed by atoms with E-state index >= 15 is 0 Å². The van der Waals surface area contributed by atoms with E-state index in [9.17, 15) is 10.1 Å². The first-order valence-electron chi connectivity index (χ1n) is 2.88. The second-order valence-electron chi connectivity index (χ2n) is 1.92. The van der Waals surface area contributed by atoms with Crippen molar-refractivity contribution in [1.82, 2.24) is 0 Å². The predicted molar refractivity (Wildman–Crippen MR) is 45.8 cm³/mol. The molecule has 6 heteroatoms. The number of halogens is 1. The van der Waals surface area contributed by atoms with Crippen molar-refractivity contribution in [3.8, 4) is 0 Å². The Morgan fingerprint density at radius 2 is 1.83 bits per heavy atom. The molecule has 0 aliphatic heterocycles. The van der Waals surface area contributed by atoms with Gasteiger partial charge in [0.05, 0.1) is 10.6 Å². The summed E-state index contributed by atoms with van der Waals surface area (Å²) in [6.45, 7) is 0. The smallest absolute Gasteiger partial charge is 0.269 e. The van der Waals surface area contributed by atoms with Crippen LogP contribution < -0.4 is 5.48 Å². The highest BCUT2D eigenvalue weighted by Gasteiger charge is 2.02. The molecule has 0 aliphatic carbocycles. The van der Waals surface area contributed by atoms with Gasteiger partial charge in [-0.1, -0.05) is 0 Å². The molecular formula is C6H7ClN2O3. The van der Waals surface area contributed by atoms with Crippen LogP contribution in [0.1, 0.15) is 0 Å². The third-order valence-electron chi connectivity index (χ3n) is 1.21. The molecule has 5 nitrogen and oxygen atoms in total. The molecule has 0 unspecified atom stereocenters. The molecule has 0 atom stereocenters. The third kappa shape index (κ3) is 2.37. The van der Waals surface area contributed by atoms with E-state index in [1.807, 2.05) is 5.48 Å². The van der Waals surface area contributed by atoms with E-state index in [1.54, 1.807) is 0 Å². The van der Waals surface area contributed by atoms with E-state index in [0.29, 0.717) is 5.69 Å². The van der Waals surface area contributed by atoms with E-state index in [1.165, 1.54) is 24.3 Å². The first-order chi connectivity index (χ1) is 5.24. The van der Waals surface area contributed by atoms with E-state index < -0.39 is 4.92 Å². The fraction of sp³-hybridized carbons (Fsp3) is 0. The molecule has 0 radical (unpaired) electrons. The van der Waals surface area contributed by atoms with Gasteiger partial charge in [-0.05, 0) is 12.1 Å². The standard InChI is InChI=1S/C6H6N2O3.ClH/c9-7-5-1-3-6(4-2-5)8(10)11;/h1-4,7,9H;1H. The molecule has 0 bridgehead atoms. The lowest BCUT2D eigenvalue weighted by atomic mass is 10.3. The van der Waals surface area contributed by atoms with Crippen molar-refractivity contribution in [2.24, 2.45) is 0 Å². The number of nitrogens with one attached hydrogen (secondary N) is 1. The molecule has 0 saturated heterocycles. The van der Waals surface area contributed by atoms with Crippen molar-refractivity contribution in [1.29, 1.82) is 0 Å². The number of rotatable bonds is 2. The maximum absolute atomic E-state index is 10.1. The topological polar surface area (TPSA) is 75.4 Å². The number of non-ortho nitro benzene ring substituents is 1. The zero-order chi connectivity index (χ0) is 8.27. The minimum absolute atomic E-state index is 0. The first-order valence-corrected chi connectivity index (χ1v) is 2.88. The summed E-state index contributed by atoms with van der Waals surface area (Å²) in [5.41, 5.74) is 2.30. The summed E-state index contributed by atoms with van der Waals surface area (Å²) >= 11 is 0. The van der Waals surface area contributed by atoms with Crippen molar-refractivity contribution < 1.29 is 10.1 Å². The van der Waals surface area contributed by atoms with Crippen LogP contribution in [0.5, 0.6) is 0 Å². The highest BCUT2D eigenvalue weighted by atomic mass is 35.5. The molecule has 2 N–H and O–H groups in total. The lowest BCUT2D eigenvalue weighted by molar-refractivity contribution is -0.384. The van der Waals surface area contributed by atoms with Crippen LogP contribution in [0.25, 0.3) is 0 Å². The van der Waals surface area contributed by atoms with Crippen molar-refractivity contribution in [3.05, 3.63) is 34.4 Å². The maximum atomic E-state index is 10.1. The second kappa shape index (κ2) is 4.53. The van der Waals surface area contributed by atoms with Crippen LogP contribution in [-0.4, -0.2) is 10.1 Å². The summed E-state index contributed by atoms with van der Waals surface area (Å²) in [6, 6.07) is 5.44. The molecule has 12 heavy (non-hydrogen) atoms. The van der Waals surface area contributed by atoms with Gasteiger partial charge in [-0.25, -0.2) is 0 Å². The minimum Gasteiger partial charge on any atom is -0.291 e. The molecule has 0 saturated carbocycles. The van der Waals surface area contributed by atoms with Gasteiger partial charge in [0.1, 0.15) is 0 Å². The number of nitrogens with zero attached hydrogens (tertiary/aromatic N) is 1. The van der Waals surface area contributed by atoms with Crippen LogP contribution in [-0.2, 0) is 0 Å². The van der Waals surface area contributed by atoms with E-state index in [0.717, 1.165) is 0 Å². The van der Waals surface area contributed by atoms with Crippen molar-refractivity contribution in [3.63, 3.8) is 0 Å². The van der Waals surface area contributed by atoms with Crippen LogP contribution in [0.15, 0.2) is 24.3 Å². The summed E-state index contributed by atoms with van der Waals surface area (Å²) in [5.74, 6) is 0. The van der Waals surface area contributed by atoms with E-state index in [4.69, 9.17) is 5.21 Å². The Balaban J connectivity index is 0.00000121. The summed E-state index contributed by atoms with van der Waals surface area (Å²) in [7, 11) is 0. The Bertz CT molecular complexity index is 262. The van der Waals surface area contributed by atoms with Crippen LogP contribution in [0, 0.1) is 10.1 Å². The van der Waals surface area contributed by atoms with Gasteiger partial charge in [0.25, 0.3) is 5.69 Å². The summed E-state index contributed by atoms with van der Waals surface area (Å²) < 4.78 is 0. The summed E-state index contributed by atoms with van der Waals surface area (Å²) in [6.07, 6.45) is 0. The maximum Gasteiger partial charge on any atom is 0.269 e. The Morgan fingerprint density at radius 1 is 1.33 bits per heavy atom. The van der Waals surface area contributed by atoms with Crippen molar-refractivity contribution >= 4 is 23.8 Å². The van der Waals surface area contributed by atoms with Gasteiger partial charge in [-0.15, -0.1) is 12.4 Å². The average molecular weight is 191 g/mol. The molecule has 1 rings (SSSR count). The largest absolute Gasteiger partial charge is 0.291 e. The van der Waals surface area contributed by atoms with Gasteiger partial charge in [0, 0.05) is 12.1 Å². The molecular weight excluding hydrogens is 184 g/mol. The number of hydrogen-bond acceptors (Lipinski definition) is 4. The normalized spacial score (nSPS) is 8.42. The molecule has 0 heterocycles. The predicted octanol–water partition coefficient (Wildman–Crippen LogP) is 1.82. The molecule has 0 aliphatic rings. The molecule has 66 valence electrons. The molecule has 0 fully saturated rings. The summed E-state index contributed by atoms with van der Waals surface area (Å²) in [5, 5.41) is 18.5. The zero-order valence-corrected chi connectivity index (χ0v) is 6.75. The van der Waals surface area contributed by atoms with Crippen molar-refractivity contribution in [2.75, 3.05) is 5.48 Å². The second-order valence-corrected chi connectivity index (χ2v) is 1.92. The third-order valence-corrected chi connectivity index (χ3v) is 1.21. The molecule has 1 aromatic rings. The van der Waals surface area contributed by atoms with Crippen LogP contribution in [0.4, 0.5) is 11.4 Å². The fourth-order valence-corrected chi connectivity index (χ4v) is 0.658. The summed E-state index contributed by atoms with van der Waals surface area (Å²) in [4.78, 5) is 9.62. The number of nitro groups is 1. The SMILES string of the molecule is Cl.O=[N+]([O-])c1ccc(NO)cc1. The highest BCUT2D eigenvalue weighted by molar-refractivity contribution is 5.85. The van der Waals surface area contributed by atoms with Gasteiger partial charge >= 0.3 is 0 Å². The van der Waals surface area contributed by atoms with Crippen LogP contribution >= 0.6 is 12.4 Å². The Kier molecular flexibility index (Phi) is 4.03. The monoisotopic (exact) mass is 190 g/mol. The molecule has 0 amide bonds. The number of benzene rings is 1. The van der Waals surface area contributed by atoms with Gasteiger partial charge in [0.2, 0.25) is 0 Å².